The van der Waals surface area contributed by atoms with Gasteiger partial charge in [-0.1, -0.05) is 0 Å². The summed E-state index contributed by atoms with van der Waals surface area (Å²) in [5, 5.41) is 1.03. The summed E-state index contributed by atoms with van der Waals surface area (Å²) in [4.78, 5) is 5.68. The van der Waals surface area contributed by atoms with Crippen molar-refractivity contribution in [2.45, 2.75) is 24.6 Å². The first-order valence-electron chi connectivity index (χ1n) is 3.52. The number of halogens is 2. The van der Waals surface area contributed by atoms with Crippen molar-refractivity contribution in [2.75, 3.05) is 0 Å². The number of nitrogens with zero attached hydrogens (tertiary/aromatic N) is 1. The minimum Gasteiger partial charge on any atom is -0.233 e. The van der Waals surface area contributed by atoms with E-state index in [0.29, 0.717) is 5.88 Å². The highest BCUT2D eigenvalue weighted by molar-refractivity contribution is 9.10. The molecule has 0 aromatic carbocycles. The molecular formula is C7H7BrClNS. The summed E-state index contributed by atoms with van der Waals surface area (Å²) < 4.78 is 1.01. The van der Waals surface area contributed by atoms with E-state index in [1.165, 1.54) is 17.7 Å². The van der Waals surface area contributed by atoms with Crippen LogP contribution < -0.4 is 0 Å². The summed E-state index contributed by atoms with van der Waals surface area (Å²) in [7, 11) is 0. The van der Waals surface area contributed by atoms with Gasteiger partial charge in [-0.3, -0.25) is 0 Å². The van der Waals surface area contributed by atoms with Gasteiger partial charge in [0.2, 0.25) is 0 Å². The van der Waals surface area contributed by atoms with Gasteiger partial charge in [-0.2, -0.15) is 0 Å². The van der Waals surface area contributed by atoms with E-state index in [1.807, 2.05) is 0 Å². The summed E-state index contributed by atoms with van der Waals surface area (Å²) >= 11 is 10.8. The Bertz CT molecular complexity index is 269. The molecule has 1 nitrogen and oxygen atoms in total. The van der Waals surface area contributed by atoms with Crippen molar-refractivity contribution in [3.8, 4) is 0 Å². The van der Waals surface area contributed by atoms with E-state index in [9.17, 15) is 0 Å². The molecular weight excluding hydrogens is 246 g/mol. The normalized spacial score (nSPS) is 17.3. The van der Waals surface area contributed by atoms with Crippen molar-refractivity contribution >= 4 is 38.9 Å². The van der Waals surface area contributed by atoms with Gasteiger partial charge in [-0.25, -0.2) is 4.98 Å². The number of thiazole rings is 1. The lowest BCUT2D eigenvalue weighted by molar-refractivity contribution is 1.12. The smallest absolute Gasteiger partial charge is 0.120 e. The molecule has 1 aliphatic carbocycles. The summed E-state index contributed by atoms with van der Waals surface area (Å²) in [5.41, 5.74) is 0. The lowest BCUT2D eigenvalue weighted by Crippen LogP contribution is -1.72. The molecule has 1 aromatic heterocycles. The molecule has 1 aromatic rings. The number of hydrogen-bond donors (Lipinski definition) is 0. The molecule has 0 spiro atoms. The molecule has 0 amide bonds. The quantitative estimate of drug-likeness (QED) is 0.734. The highest BCUT2D eigenvalue weighted by Gasteiger charge is 2.28. The van der Waals surface area contributed by atoms with Gasteiger partial charge in [0.25, 0.3) is 0 Å². The first-order valence-corrected chi connectivity index (χ1v) is 5.66. The predicted octanol–water partition coefficient (Wildman–Crippen LogP) is 3.52. The first-order chi connectivity index (χ1) is 5.31. The van der Waals surface area contributed by atoms with Crippen LogP contribution in [-0.2, 0) is 5.88 Å². The minimum absolute atomic E-state index is 0.538. The Morgan fingerprint density at radius 3 is 2.82 bits per heavy atom. The van der Waals surface area contributed by atoms with Crippen molar-refractivity contribution in [2.24, 2.45) is 0 Å². The maximum atomic E-state index is 5.66. The molecule has 0 bridgehead atoms. The average Bonchev–Trinajstić information content (AvgIpc) is 2.76. The number of aromatic nitrogens is 1. The fourth-order valence-corrected chi connectivity index (χ4v) is 3.11. The van der Waals surface area contributed by atoms with Crippen molar-refractivity contribution < 1.29 is 0 Å². The largest absolute Gasteiger partial charge is 0.233 e. The molecule has 1 aliphatic rings. The highest BCUT2D eigenvalue weighted by atomic mass is 79.9. The van der Waals surface area contributed by atoms with E-state index in [-0.39, 0.29) is 0 Å². The third kappa shape index (κ3) is 1.60. The molecule has 2 rings (SSSR count). The zero-order valence-corrected chi connectivity index (χ0v) is 8.97. The van der Waals surface area contributed by atoms with Crippen LogP contribution in [0.2, 0.25) is 0 Å². The van der Waals surface area contributed by atoms with Crippen LogP contribution in [0.3, 0.4) is 0 Å². The second kappa shape index (κ2) is 3.04. The lowest BCUT2D eigenvalue weighted by Gasteiger charge is -1.86. The highest BCUT2D eigenvalue weighted by Crippen LogP contribution is 2.46. The second-order valence-corrected chi connectivity index (χ2v) is 4.80. The molecule has 0 atom stereocenters. The minimum atomic E-state index is 0.538. The van der Waals surface area contributed by atoms with Crippen LogP contribution in [0.15, 0.2) is 4.60 Å². The lowest BCUT2D eigenvalue weighted by atomic mass is 10.4. The number of alkyl halides is 1. The molecule has 1 fully saturated rings. The van der Waals surface area contributed by atoms with E-state index in [2.05, 4.69) is 20.9 Å². The topological polar surface area (TPSA) is 12.9 Å². The molecule has 0 unspecified atom stereocenters. The van der Waals surface area contributed by atoms with Crippen LogP contribution in [0, 0.1) is 0 Å². The van der Waals surface area contributed by atoms with Crippen LogP contribution in [0.4, 0.5) is 0 Å². The Hall–Kier alpha value is 0.400. The van der Waals surface area contributed by atoms with Gasteiger partial charge in [0.15, 0.2) is 0 Å². The van der Waals surface area contributed by atoms with Gasteiger partial charge in [-0.05, 0) is 34.7 Å². The van der Waals surface area contributed by atoms with Crippen molar-refractivity contribution in [3.05, 3.63) is 14.5 Å². The predicted molar refractivity (Wildman–Crippen MR) is 51.3 cm³/mol. The molecule has 0 aliphatic heterocycles. The van der Waals surface area contributed by atoms with Crippen LogP contribution >= 0.6 is 38.9 Å². The summed E-state index contributed by atoms with van der Waals surface area (Å²) in [6.07, 6.45) is 2.64. The van der Waals surface area contributed by atoms with E-state index >= 15 is 0 Å². The third-order valence-electron chi connectivity index (χ3n) is 1.72. The number of rotatable bonds is 2. The Morgan fingerprint density at radius 2 is 2.36 bits per heavy atom. The van der Waals surface area contributed by atoms with Gasteiger partial charge in [0.05, 0.1) is 5.88 Å². The van der Waals surface area contributed by atoms with E-state index in [4.69, 9.17) is 11.6 Å². The summed E-state index contributed by atoms with van der Waals surface area (Å²) in [6, 6.07) is 0. The number of hydrogen-bond acceptors (Lipinski definition) is 2. The molecule has 0 radical (unpaired) electrons. The molecule has 60 valence electrons. The maximum Gasteiger partial charge on any atom is 0.120 e. The van der Waals surface area contributed by atoms with E-state index in [0.717, 1.165) is 15.5 Å². The Kier molecular flexibility index (Phi) is 2.21. The molecule has 1 heterocycles. The zero-order chi connectivity index (χ0) is 7.84. The Labute approximate surface area is 82.9 Å². The van der Waals surface area contributed by atoms with Crippen molar-refractivity contribution in [1.29, 1.82) is 0 Å². The third-order valence-corrected chi connectivity index (χ3v) is 4.21. The Balaban J connectivity index is 2.30. The molecule has 1 saturated carbocycles. The van der Waals surface area contributed by atoms with Crippen LogP contribution in [0.1, 0.15) is 28.6 Å². The van der Waals surface area contributed by atoms with Gasteiger partial charge in [0.1, 0.15) is 9.61 Å². The van der Waals surface area contributed by atoms with E-state index in [1.54, 1.807) is 11.3 Å². The fraction of sp³-hybridized carbons (Fsp3) is 0.571. The SMILES string of the molecule is ClCc1nc(Br)c(C2CC2)s1. The van der Waals surface area contributed by atoms with Crippen LogP contribution in [-0.4, -0.2) is 4.98 Å². The van der Waals surface area contributed by atoms with Gasteiger partial charge >= 0.3 is 0 Å². The molecule has 4 heteroatoms. The van der Waals surface area contributed by atoms with Crippen molar-refractivity contribution in [1.82, 2.24) is 4.98 Å². The van der Waals surface area contributed by atoms with Gasteiger partial charge in [-0.15, -0.1) is 22.9 Å². The molecule has 11 heavy (non-hydrogen) atoms. The monoisotopic (exact) mass is 251 g/mol. The van der Waals surface area contributed by atoms with Crippen molar-refractivity contribution in [3.63, 3.8) is 0 Å². The Morgan fingerprint density at radius 1 is 1.64 bits per heavy atom. The second-order valence-electron chi connectivity index (χ2n) is 2.67. The zero-order valence-electron chi connectivity index (χ0n) is 5.81. The summed E-state index contributed by atoms with van der Waals surface area (Å²) in [6.45, 7) is 0. The summed E-state index contributed by atoms with van der Waals surface area (Å²) in [5.74, 6) is 1.31. The molecule has 0 N–H and O–H groups in total. The fourth-order valence-electron chi connectivity index (χ4n) is 1.01. The standard InChI is InChI=1S/C7H7BrClNS/c8-7-6(4-1-2-4)11-5(3-9)10-7/h4H,1-3H2. The molecule has 0 saturated heterocycles. The van der Waals surface area contributed by atoms with Gasteiger partial charge in [0, 0.05) is 4.88 Å². The van der Waals surface area contributed by atoms with Gasteiger partial charge < -0.3 is 0 Å². The van der Waals surface area contributed by atoms with E-state index < -0.39 is 0 Å². The van der Waals surface area contributed by atoms with Crippen LogP contribution in [0.5, 0.6) is 0 Å². The maximum absolute atomic E-state index is 5.66. The van der Waals surface area contributed by atoms with Crippen LogP contribution in [0.25, 0.3) is 0 Å². The first kappa shape index (κ1) is 8.02. The average molecular weight is 253 g/mol.